The summed E-state index contributed by atoms with van der Waals surface area (Å²) in [6.07, 6.45) is 1.99. The lowest BCUT2D eigenvalue weighted by Crippen LogP contribution is -2.30. The van der Waals surface area contributed by atoms with Crippen LogP contribution in [0.25, 0.3) is 55.4 Å². The van der Waals surface area contributed by atoms with Crippen molar-refractivity contribution in [1.29, 1.82) is 5.26 Å². The van der Waals surface area contributed by atoms with E-state index in [0.717, 1.165) is 79.8 Å². The average Bonchev–Trinajstić information content (AvgIpc) is 3.13. The summed E-state index contributed by atoms with van der Waals surface area (Å²) < 4.78 is 6.41. The van der Waals surface area contributed by atoms with Crippen LogP contribution in [0.3, 0.4) is 0 Å². The van der Waals surface area contributed by atoms with E-state index in [1.807, 2.05) is 36.4 Å². The molecule has 8 rings (SSSR count). The molecule has 46 heavy (non-hydrogen) atoms. The average molecular weight is 594 g/mol. The number of pyridine rings is 2. The van der Waals surface area contributed by atoms with E-state index in [2.05, 4.69) is 111 Å². The van der Waals surface area contributed by atoms with Gasteiger partial charge in [0.25, 0.3) is 0 Å². The summed E-state index contributed by atoms with van der Waals surface area (Å²) in [5.41, 5.74) is 10.7. The number of nitriles is 1. The van der Waals surface area contributed by atoms with Crippen LogP contribution >= 0.6 is 0 Å². The number of fused-ring (bicyclic) bond motifs is 5. The molecule has 0 saturated heterocycles. The van der Waals surface area contributed by atoms with Gasteiger partial charge < -0.3 is 4.74 Å². The molecule has 0 saturated carbocycles. The molecular weight excluding hydrogens is 562 g/mol. The van der Waals surface area contributed by atoms with Gasteiger partial charge in [-0.25, -0.2) is 9.97 Å². The molecule has 3 heterocycles. The standard InChI is InChI=1S/C42H31N3O/c1-3-42(4-2)34-13-5-6-14-38(34)46-39-22-19-31(25-35(39)42)30-10-8-12-33(24-30)37-21-18-29-16-15-28-17-20-36(44-40(28)41(29)45-37)32-11-7-9-27(23-32)26-43/h5-25H,3-4H2,1-2H3. The Labute approximate surface area is 268 Å². The second kappa shape index (κ2) is 11.0. The lowest BCUT2D eigenvalue weighted by molar-refractivity contribution is 0.375. The Morgan fingerprint density at radius 2 is 1.15 bits per heavy atom. The largest absolute Gasteiger partial charge is 0.457 e. The first-order valence-electron chi connectivity index (χ1n) is 15.8. The highest BCUT2D eigenvalue weighted by Gasteiger charge is 2.39. The van der Waals surface area contributed by atoms with E-state index in [0.29, 0.717) is 5.56 Å². The molecule has 0 aliphatic carbocycles. The van der Waals surface area contributed by atoms with Crippen molar-refractivity contribution in [3.63, 3.8) is 0 Å². The predicted molar refractivity (Wildman–Crippen MR) is 186 cm³/mol. The quantitative estimate of drug-likeness (QED) is 0.186. The molecule has 7 aromatic rings. The molecule has 1 aliphatic heterocycles. The normalized spacial score (nSPS) is 13.1. The topological polar surface area (TPSA) is 58.8 Å². The molecule has 4 nitrogen and oxygen atoms in total. The van der Waals surface area contributed by atoms with Crippen molar-refractivity contribution in [2.45, 2.75) is 32.1 Å². The van der Waals surface area contributed by atoms with Crippen LogP contribution in [0.5, 0.6) is 11.5 Å². The van der Waals surface area contributed by atoms with Crippen LogP contribution in [-0.2, 0) is 5.41 Å². The third kappa shape index (κ3) is 4.44. The van der Waals surface area contributed by atoms with Crippen LogP contribution in [0.4, 0.5) is 0 Å². The highest BCUT2D eigenvalue weighted by Crippen LogP contribution is 2.52. The monoisotopic (exact) mass is 593 g/mol. The lowest BCUT2D eigenvalue weighted by atomic mass is 9.68. The summed E-state index contributed by atoms with van der Waals surface area (Å²) in [6, 6.07) is 46.0. The second-order valence-corrected chi connectivity index (χ2v) is 12.0. The first-order chi connectivity index (χ1) is 22.6. The molecule has 1 aliphatic rings. The van der Waals surface area contributed by atoms with Gasteiger partial charge in [-0.2, -0.15) is 5.26 Å². The number of para-hydroxylation sites is 1. The molecule has 0 fully saturated rings. The molecule has 220 valence electrons. The number of aromatic nitrogens is 2. The van der Waals surface area contributed by atoms with Crippen molar-refractivity contribution in [3.8, 4) is 51.2 Å². The number of benzene rings is 5. The zero-order valence-electron chi connectivity index (χ0n) is 25.8. The van der Waals surface area contributed by atoms with Gasteiger partial charge in [0.05, 0.1) is 34.1 Å². The summed E-state index contributed by atoms with van der Waals surface area (Å²) in [5, 5.41) is 11.5. The van der Waals surface area contributed by atoms with Crippen LogP contribution in [0.1, 0.15) is 43.4 Å². The fraction of sp³-hybridized carbons (Fsp3) is 0.119. The summed E-state index contributed by atoms with van der Waals surface area (Å²) in [4.78, 5) is 10.2. The van der Waals surface area contributed by atoms with E-state index < -0.39 is 0 Å². The summed E-state index contributed by atoms with van der Waals surface area (Å²) in [7, 11) is 0. The summed E-state index contributed by atoms with van der Waals surface area (Å²) in [5.74, 6) is 1.90. The predicted octanol–water partition coefficient (Wildman–Crippen LogP) is 10.9. The SMILES string of the molecule is CCC1(CC)c2ccccc2Oc2ccc(-c3cccc(-c4ccc5ccc6ccc(-c7cccc(C#N)c7)nc6c5n4)c3)cc21. The smallest absolute Gasteiger partial charge is 0.131 e. The van der Waals surface area contributed by atoms with E-state index in [4.69, 9.17) is 14.7 Å². The van der Waals surface area contributed by atoms with Gasteiger partial charge in [0.15, 0.2) is 0 Å². The first-order valence-corrected chi connectivity index (χ1v) is 15.8. The minimum atomic E-state index is -0.0967. The lowest BCUT2D eigenvalue weighted by Gasteiger charge is -2.39. The highest BCUT2D eigenvalue weighted by molar-refractivity contribution is 6.04. The minimum absolute atomic E-state index is 0.0967. The van der Waals surface area contributed by atoms with Crippen LogP contribution in [0.15, 0.2) is 127 Å². The van der Waals surface area contributed by atoms with Crippen molar-refractivity contribution in [2.75, 3.05) is 0 Å². The molecule has 0 N–H and O–H groups in total. The van der Waals surface area contributed by atoms with Crippen molar-refractivity contribution in [3.05, 3.63) is 144 Å². The molecule has 5 aromatic carbocycles. The van der Waals surface area contributed by atoms with Crippen LogP contribution in [0.2, 0.25) is 0 Å². The van der Waals surface area contributed by atoms with Crippen molar-refractivity contribution in [2.24, 2.45) is 0 Å². The summed E-state index contributed by atoms with van der Waals surface area (Å²) in [6.45, 7) is 4.55. The number of rotatable bonds is 5. The molecule has 0 spiro atoms. The molecular formula is C42H31N3O. The van der Waals surface area contributed by atoms with Gasteiger partial charge in [0.2, 0.25) is 0 Å². The molecule has 0 amide bonds. The zero-order valence-corrected chi connectivity index (χ0v) is 25.8. The van der Waals surface area contributed by atoms with Gasteiger partial charge in [-0.05, 0) is 72.5 Å². The van der Waals surface area contributed by atoms with Gasteiger partial charge in [0.1, 0.15) is 11.5 Å². The van der Waals surface area contributed by atoms with Gasteiger partial charge in [-0.3, -0.25) is 0 Å². The molecule has 2 aromatic heterocycles. The molecule has 0 unspecified atom stereocenters. The molecule has 0 atom stereocenters. The second-order valence-electron chi connectivity index (χ2n) is 12.0. The Morgan fingerprint density at radius 3 is 1.85 bits per heavy atom. The minimum Gasteiger partial charge on any atom is -0.457 e. The third-order valence-electron chi connectivity index (χ3n) is 9.62. The van der Waals surface area contributed by atoms with Crippen molar-refractivity contribution < 1.29 is 4.74 Å². The maximum absolute atomic E-state index is 9.40. The first kappa shape index (κ1) is 27.7. The van der Waals surface area contributed by atoms with Crippen LogP contribution < -0.4 is 4.74 Å². The van der Waals surface area contributed by atoms with Crippen LogP contribution in [-0.4, -0.2) is 9.97 Å². The Morgan fingerprint density at radius 1 is 0.565 bits per heavy atom. The Kier molecular flexibility index (Phi) is 6.62. The number of hydrogen-bond acceptors (Lipinski definition) is 4. The fourth-order valence-electron chi connectivity index (χ4n) is 7.09. The van der Waals surface area contributed by atoms with E-state index in [-0.39, 0.29) is 5.41 Å². The third-order valence-corrected chi connectivity index (χ3v) is 9.62. The number of ether oxygens (including phenoxy) is 1. The molecule has 4 heteroatoms. The van der Waals surface area contributed by atoms with Gasteiger partial charge in [0, 0.05) is 38.4 Å². The Hall–Kier alpha value is -5.79. The maximum atomic E-state index is 9.40. The fourth-order valence-corrected chi connectivity index (χ4v) is 7.09. The van der Waals surface area contributed by atoms with E-state index >= 15 is 0 Å². The van der Waals surface area contributed by atoms with E-state index in [9.17, 15) is 5.26 Å². The Bertz CT molecular complexity index is 2350. The van der Waals surface area contributed by atoms with E-state index in [1.54, 1.807) is 0 Å². The van der Waals surface area contributed by atoms with Gasteiger partial charge in [-0.1, -0.05) is 92.7 Å². The molecule has 0 radical (unpaired) electrons. The number of hydrogen-bond donors (Lipinski definition) is 0. The van der Waals surface area contributed by atoms with Crippen LogP contribution in [0, 0.1) is 11.3 Å². The van der Waals surface area contributed by atoms with Crippen molar-refractivity contribution in [1.82, 2.24) is 9.97 Å². The maximum Gasteiger partial charge on any atom is 0.131 e. The number of nitrogens with zero attached hydrogens (tertiary/aromatic N) is 3. The van der Waals surface area contributed by atoms with Gasteiger partial charge >= 0.3 is 0 Å². The highest BCUT2D eigenvalue weighted by atomic mass is 16.5. The molecule has 0 bridgehead atoms. The van der Waals surface area contributed by atoms with Gasteiger partial charge in [-0.15, -0.1) is 0 Å². The Balaban J connectivity index is 1.21. The summed E-state index contributed by atoms with van der Waals surface area (Å²) >= 11 is 0. The van der Waals surface area contributed by atoms with Crippen molar-refractivity contribution >= 4 is 21.8 Å². The van der Waals surface area contributed by atoms with E-state index in [1.165, 1.54) is 11.1 Å². The zero-order chi connectivity index (χ0) is 31.3.